The van der Waals surface area contributed by atoms with Crippen LogP contribution in [0.2, 0.25) is 0 Å². The summed E-state index contributed by atoms with van der Waals surface area (Å²) >= 11 is 0. The van der Waals surface area contributed by atoms with E-state index in [0.717, 1.165) is 24.8 Å². The third-order valence-electron chi connectivity index (χ3n) is 3.82. The molecule has 1 aliphatic carbocycles. The van der Waals surface area contributed by atoms with Gasteiger partial charge in [0.1, 0.15) is 5.75 Å². The third kappa shape index (κ3) is 4.35. The lowest BCUT2D eigenvalue weighted by Crippen LogP contribution is -2.38. The van der Waals surface area contributed by atoms with Gasteiger partial charge in [0, 0.05) is 12.2 Å². The number of carbonyl (C=O) groups excluding carboxylic acids is 2. The molecule has 1 aliphatic rings. The summed E-state index contributed by atoms with van der Waals surface area (Å²) in [5.41, 5.74) is 1.46. The van der Waals surface area contributed by atoms with Gasteiger partial charge in [0.2, 0.25) is 0 Å². The Morgan fingerprint density at radius 2 is 2.09 bits per heavy atom. The van der Waals surface area contributed by atoms with Gasteiger partial charge in [-0.2, -0.15) is 0 Å². The Hall–Kier alpha value is -2.30. The molecular weight excluding hydrogens is 280 g/mol. The van der Waals surface area contributed by atoms with Crippen molar-refractivity contribution in [2.24, 2.45) is 5.92 Å². The van der Waals surface area contributed by atoms with Crippen molar-refractivity contribution in [3.63, 3.8) is 0 Å². The zero-order valence-corrected chi connectivity index (χ0v) is 13.0. The Balaban J connectivity index is 1.85. The molecule has 0 spiro atoms. The number of nitrogens with one attached hydrogen (secondary N) is 2. The highest BCUT2D eigenvalue weighted by atomic mass is 16.5. The van der Waals surface area contributed by atoms with Crippen LogP contribution in [0.4, 0.5) is 5.69 Å². The first-order chi connectivity index (χ1) is 10.6. The second kappa shape index (κ2) is 7.64. The lowest BCUT2D eigenvalue weighted by Gasteiger charge is -2.18. The number of allylic oxidation sites excluding steroid dienone is 2. The van der Waals surface area contributed by atoms with Crippen molar-refractivity contribution in [2.45, 2.75) is 26.2 Å². The summed E-state index contributed by atoms with van der Waals surface area (Å²) in [6, 6.07) is 5.28. The summed E-state index contributed by atoms with van der Waals surface area (Å²) in [5, 5.41) is 5.33. The highest BCUT2D eigenvalue weighted by Gasteiger charge is 2.17. The number of benzene rings is 1. The molecule has 5 heteroatoms. The van der Waals surface area contributed by atoms with E-state index in [1.807, 2.05) is 13.0 Å². The van der Waals surface area contributed by atoms with Gasteiger partial charge in [-0.15, -0.1) is 0 Å². The molecule has 1 aromatic carbocycles. The molecule has 2 amide bonds. The molecule has 1 atom stereocenters. The molecule has 0 fully saturated rings. The molecule has 5 nitrogen and oxygen atoms in total. The predicted octanol–water partition coefficient (Wildman–Crippen LogP) is 2.41. The van der Waals surface area contributed by atoms with Crippen molar-refractivity contribution in [1.82, 2.24) is 5.32 Å². The fourth-order valence-corrected chi connectivity index (χ4v) is 2.44. The fraction of sp³-hybridized carbons (Fsp3) is 0.412. The number of methoxy groups -OCH3 is 1. The standard InChI is InChI=1S/C17H22N2O3/c1-12-10-14(22-2)8-9-15(12)19-17(21)16(20)18-11-13-6-4-3-5-7-13/h3-4,8-10,13H,5-7,11H2,1-2H3,(H,18,20)(H,19,21)/t13-/m1/s1. The lowest BCUT2D eigenvalue weighted by molar-refractivity contribution is -0.136. The van der Waals surface area contributed by atoms with Crippen LogP contribution in [-0.4, -0.2) is 25.5 Å². The Bertz CT molecular complexity index is 581. The van der Waals surface area contributed by atoms with Gasteiger partial charge in [0.25, 0.3) is 0 Å². The first-order valence-corrected chi connectivity index (χ1v) is 7.49. The first-order valence-electron chi connectivity index (χ1n) is 7.49. The Kier molecular flexibility index (Phi) is 5.58. The average Bonchev–Trinajstić information content (AvgIpc) is 2.55. The number of carbonyl (C=O) groups is 2. The summed E-state index contributed by atoms with van der Waals surface area (Å²) in [5.74, 6) is -0.0980. The maximum Gasteiger partial charge on any atom is 0.313 e. The predicted molar refractivity (Wildman–Crippen MR) is 85.9 cm³/mol. The molecule has 0 unspecified atom stereocenters. The molecular formula is C17H22N2O3. The molecule has 0 radical (unpaired) electrons. The zero-order chi connectivity index (χ0) is 15.9. The highest BCUT2D eigenvalue weighted by molar-refractivity contribution is 6.39. The van der Waals surface area contributed by atoms with Crippen LogP contribution in [0.25, 0.3) is 0 Å². The SMILES string of the molecule is COc1ccc(NC(=O)C(=O)NC[C@@H]2CC=CCC2)c(C)c1. The van der Waals surface area contributed by atoms with Gasteiger partial charge < -0.3 is 15.4 Å². The molecule has 0 aliphatic heterocycles. The average molecular weight is 302 g/mol. The van der Waals surface area contributed by atoms with E-state index in [1.165, 1.54) is 0 Å². The van der Waals surface area contributed by atoms with Crippen LogP contribution in [0, 0.1) is 12.8 Å². The largest absolute Gasteiger partial charge is 0.497 e. The van der Waals surface area contributed by atoms with E-state index < -0.39 is 11.8 Å². The van der Waals surface area contributed by atoms with Crippen LogP contribution in [0.1, 0.15) is 24.8 Å². The molecule has 0 bridgehead atoms. The molecule has 118 valence electrons. The number of amides is 2. The van der Waals surface area contributed by atoms with Crippen molar-refractivity contribution < 1.29 is 14.3 Å². The van der Waals surface area contributed by atoms with Crippen molar-refractivity contribution >= 4 is 17.5 Å². The monoisotopic (exact) mass is 302 g/mol. The Labute approximate surface area is 130 Å². The van der Waals surface area contributed by atoms with Crippen LogP contribution < -0.4 is 15.4 Å². The number of hydrogen-bond acceptors (Lipinski definition) is 3. The van der Waals surface area contributed by atoms with Gasteiger partial charge in [0.05, 0.1) is 7.11 Å². The van der Waals surface area contributed by atoms with Crippen molar-refractivity contribution in [3.8, 4) is 5.75 Å². The van der Waals surface area contributed by atoms with Gasteiger partial charge in [-0.05, 0) is 55.9 Å². The smallest absolute Gasteiger partial charge is 0.313 e. The second-order valence-corrected chi connectivity index (χ2v) is 5.50. The van der Waals surface area contributed by atoms with Gasteiger partial charge >= 0.3 is 11.8 Å². The minimum Gasteiger partial charge on any atom is -0.497 e. The minimum atomic E-state index is -0.639. The molecule has 0 aromatic heterocycles. The topological polar surface area (TPSA) is 67.4 Å². The molecule has 1 aromatic rings. The number of anilines is 1. The molecule has 22 heavy (non-hydrogen) atoms. The van der Waals surface area contributed by atoms with Gasteiger partial charge in [-0.3, -0.25) is 9.59 Å². The fourth-order valence-electron chi connectivity index (χ4n) is 2.44. The lowest BCUT2D eigenvalue weighted by atomic mass is 9.94. The second-order valence-electron chi connectivity index (χ2n) is 5.50. The van der Waals surface area contributed by atoms with E-state index in [-0.39, 0.29) is 0 Å². The van der Waals surface area contributed by atoms with Crippen LogP contribution in [0.15, 0.2) is 30.4 Å². The van der Waals surface area contributed by atoms with Crippen molar-refractivity contribution in [3.05, 3.63) is 35.9 Å². The summed E-state index contributed by atoms with van der Waals surface area (Å²) in [4.78, 5) is 23.8. The van der Waals surface area contributed by atoms with E-state index in [0.29, 0.717) is 23.9 Å². The summed E-state index contributed by atoms with van der Waals surface area (Å²) < 4.78 is 5.11. The van der Waals surface area contributed by atoms with Gasteiger partial charge in [-0.1, -0.05) is 12.2 Å². The molecule has 0 heterocycles. The Morgan fingerprint density at radius 3 is 2.73 bits per heavy atom. The van der Waals surface area contributed by atoms with Crippen LogP contribution >= 0.6 is 0 Å². The van der Waals surface area contributed by atoms with E-state index in [4.69, 9.17) is 4.74 Å². The molecule has 0 saturated carbocycles. The summed E-state index contributed by atoms with van der Waals surface area (Å²) in [6.07, 6.45) is 7.33. The minimum absolute atomic E-state index is 0.421. The summed E-state index contributed by atoms with van der Waals surface area (Å²) in [7, 11) is 1.58. The van der Waals surface area contributed by atoms with E-state index >= 15 is 0 Å². The quantitative estimate of drug-likeness (QED) is 0.663. The maximum atomic E-state index is 11.9. The van der Waals surface area contributed by atoms with E-state index in [9.17, 15) is 9.59 Å². The maximum absolute atomic E-state index is 11.9. The molecule has 0 saturated heterocycles. The van der Waals surface area contributed by atoms with Crippen LogP contribution in [0.3, 0.4) is 0 Å². The number of hydrogen-bond donors (Lipinski definition) is 2. The number of ether oxygens (including phenoxy) is 1. The summed E-state index contributed by atoms with van der Waals surface area (Å²) in [6.45, 7) is 2.39. The van der Waals surface area contributed by atoms with E-state index in [2.05, 4.69) is 22.8 Å². The van der Waals surface area contributed by atoms with E-state index in [1.54, 1.807) is 19.2 Å². The number of aryl methyl sites for hydroxylation is 1. The molecule has 2 N–H and O–H groups in total. The first kappa shape index (κ1) is 16.1. The van der Waals surface area contributed by atoms with Crippen LogP contribution in [0.5, 0.6) is 5.75 Å². The van der Waals surface area contributed by atoms with Gasteiger partial charge in [0.15, 0.2) is 0 Å². The normalized spacial score (nSPS) is 16.9. The third-order valence-corrected chi connectivity index (χ3v) is 3.82. The van der Waals surface area contributed by atoms with Crippen molar-refractivity contribution in [1.29, 1.82) is 0 Å². The number of rotatable bonds is 4. The highest BCUT2D eigenvalue weighted by Crippen LogP contribution is 2.21. The Morgan fingerprint density at radius 1 is 1.27 bits per heavy atom. The molecule has 2 rings (SSSR count). The van der Waals surface area contributed by atoms with Crippen molar-refractivity contribution in [2.75, 3.05) is 19.0 Å². The zero-order valence-electron chi connectivity index (χ0n) is 13.0. The van der Waals surface area contributed by atoms with Gasteiger partial charge in [-0.25, -0.2) is 0 Å². The van der Waals surface area contributed by atoms with Crippen LogP contribution in [-0.2, 0) is 9.59 Å².